The lowest BCUT2D eigenvalue weighted by molar-refractivity contribution is -0.305. The molecule has 0 bridgehead atoms. The van der Waals surface area contributed by atoms with Gasteiger partial charge in [0.25, 0.3) is 0 Å². The number of aliphatic hydroxyl groups is 4. The molecular weight excluding hydrogens is 576 g/mol. The molecule has 45 heavy (non-hydrogen) atoms. The molecule has 1 rings (SSSR count). The first kappa shape index (κ1) is 42.2. The number of carbonyl (C=O) groups excluding carboxylic acids is 1. The lowest BCUT2D eigenvalue weighted by Gasteiger charge is -2.39. The number of aliphatic hydroxyl groups excluding tert-OH is 4. The van der Waals surface area contributed by atoms with Crippen LogP contribution >= 0.6 is 0 Å². The zero-order chi connectivity index (χ0) is 33.0. The van der Waals surface area contributed by atoms with Crippen molar-refractivity contribution in [2.45, 2.75) is 198 Å². The quantitative estimate of drug-likeness (QED) is 0.0477. The largest absolute Gasteiger partial charge is 0.457 e. The molecule has 4 N–H and O–H groups in total. The van der Waals surface area contributed by atoms with E-state index in [1.54, 1.807) is 0 Å². The Balaban J connectivity index is 2.34. The molecule has 0 spiro atoms. The molecule has 6 unspecified atom stereocenters. The molecule has 0 saturated carbocycles. The zero-order valence-electron chi connectivity index (χ0n) is 28.9. The van der Waals surface area contributed by atoms with Gasteiger partial charge in [-0.05, 0) is 12.8 Å². The summed E-state index contributed by atoms with van der Waals surface area (Å²) in [5, 5.41) is 39.8. The second-order valence-electron chi connectivity index (χ2n) is 13.0. The first-order valence-corrected chi connectivity index (χ1v) is 18.6. The number of hydrogen-bond acceptors (Lipinski definition) is 9. The van der Waals surface area contributed by atoms with Gasteiger partial charge in [-0.3, -0.25) is 4.79 Å². The van der Waals surface area contributed by atoms with Gasteiger partial charge < -0.3 is 39.4 Å². The summed E-state index contributed by atoms with van der Waals surface area (Å²) in [6.45, 7) is 4.55. The number of carbonyl (C=O) groups is 1. The van der Waals surface area contributed by atoms with Crippen molar-refractivity contribution in [3.05, 3.63) is 0 Å². The predicted octanol–water partition coefficient (Wildman–Crippen LogP) is 6.74. The van der Waals surface area contributed by atoms with E-state index in [0.29, 0.717) is 13.0 Å². The minimum Gasteiger partial charge on any atom is -0.457 e. The minimum absolute atomic E-state index is 0.106. The van der Waals surface area contributed by atoms with Crippen LogP contribution in [-0.2, 0) is 23.7 Å². The van der Waals surface area contributed by atoms with Crippen molar-refractivity contribution in [3.63, 3.8) is 0 Å². The molecule has 1 heterocycles. The average Bonchev–Trinajstić information content (AvgIpc) is 3.04. The molecule has 1 aliphatic rings. The third-order valence-corrected chi connectivity index (χ3v) is 8.77. The van der Waals surface area contributed by atoms with Gasteiger partial charge in [0.2, 0.25) is 0 Å². The molecule has 0 amide bonds. The van der Waals surface area contributed by atoms with E-state index < -0.39 is 43.4 Å². The van der Waals surface area contributed by atoms with E-state index in [0.717, 1.165) is 32.1 Å². The van der Waals surface area contributed by atoms with Crippen molar-refractivity contribution in [2.24, 2.45) is 0 Å². The van der Waals surface area contributed by atoms with Gasteiger partial charge in [-0.1, -0.05) is 142 Å². The lowest BCUT2D eigenvalue weighted by atomic mass is 9.99. The van der Waals surface area contributed by atoms with Crippen molar-refractivity contribution in [2.75, 3.05) is 26.4 Å². The minimum atomic E-state index is -1.53. The van der Waals surface area contributed by atoms with Crippen LogP contribution in [0.3, 0.4) is 0 Å². The molecule has 1 fully saturated rings. The molecule has 0 aromatic carbocycles. The third kappa shape index (κ3) is 21.6. The van der Waals surface area contributed by atoms with Crippen LogP contribution in [0.2, 0.25) is 0 Å². The molecule has 268 valence electrons. The topological polar surface area (TPSA) is 135 Å². The highest BCUT2D eigenvalue weighted by Gasteiger charge is 2.44. The summed E-state index contributed by atoms with van der Waals surface area (Å²) < 4.78 is 22.6. The van der Waals surface area contributed by atoms with E-state index in [1.165, 1.54) is 109 Å². The Morgan fingerprint density at radius 1 is 0.622 bits per heavy atom. The van der Waals surface area contributed by atoms with E-state index in [4.69, 9.17) is 18.9 Å². The Morgan fingerprint density at radius 2 is 1.09 bits per heavy atom. The average molecular weight is 647 g/mol. The first-order chi connectivity index (χ1) is 21.9. The molecule has 1 aliphatic heterocycles. The van der Waals surface area contributed by atoms with Crippen LogP contribution in [0.15, 0.2) is 0 Å². The maximum absolute atomic E-state index is 12.6. The van der Waals surface area contributed by atoms with E-state index in [2.05, 4.69) is 13.8 Å². The molecule has 1 saturated heterocycles. The Kier molecular flexibility index (Phi) is 27.5. The number of esters is 1. The highest BCUT2D eigenvalue weighted by atomic mass is 16.7. The van der Waals surface area contributed by atoms with E-state index in [-0.39, 0.29) is 19.2 Å². The predicted molar refractivity (Wildman–Crippen MR) is 178 cm³/mol. The summed E-state index contributed by atoms with van der Waals surface area (Å²) in [4.78, 5) is 12.6. The Bertz CT molecular complexity index is 662. The highest BCUT2D eigenvalue weighted by molar-refractivity contribution is 5.69. The van der Waals surface area contributed by atoms with Gasteiger partial charge in [-0.25, -0.2) is 0 Å². The van der Waals surface area contributed by atoms with Crippen LogP contribution in [0.5, 0.6) is 0 Å². The summed E-state index contributed by atoms with van der Waals surface area (Å²) in [5.41, 5.74) is 0. The van der Waals surface area contributed by atoms with Crippen LogP contribution in [0, 0.1) is 0 Å². The van der Waals surface area contributed by atoms with Crippen LogP contribution in [0.25, 0.3) is 0 Å². The van der Waals surface area contributed by atoms with Crippen LogP contribution in [0.4, 0.5) is 0 Å². The van der Waals surface area contributed by atoms with E-state index in [9.17, 15) is 25.2 Å². The molecule has 6 atom stereocenters. The first-order valence-electron chi connectivity index (χ1n) is 18.6. The van der Waals surface area contributed by atoms with E-state index in [1.807, 2.05) is 0 Å². The van der Waals surface area contributed by atoms with Gasteiger partial charge in [0.15, 0.2) is 6.29 Å². The molecule has 0 aromatic heterocycles. The van der Waals surface area contributed by atoms with Crippen molar-refractivity contribution in [3.8, 4) is 0 Å². The Hall–Kier alpha value is -0.810. The van der Waals surface area contributed by atoms with Gasteiger partial charge in [-0.15, -0.1) is 0 Å². The molecule has 0 radical (unpaired) electrons. The Labute approximate surface area is 274 Å². The molecule has 9 nitrogen and oxygen atoms in total. The molecule has 0 aliphatic carbocycles. The monoisotopic (exact) mass is 647 g/mol. The fourth-order valence-electron chi connectivity index (χ4n) is 5.78. The van der Waals surface area contributed by atoms with Crippen LogP contribution < -0.4 is 0 Å². The second-order valence-corrected chi connectivity index (χ2v) is 13.0. The number of unbranched alkanes of at least 4 members (excludes halogenated alkanes) is 20. The smallest absolute Gasteiger partial charge is 0.306 e. The zero-order valence-corrected chi connectivity index (χ0v) is 28.9. The van der Waals surface area contributed by atoms with Gasteiger partial charge in [0.1, 0.15) is 30.5 Å². The van der Waals surface area contributed by atoms with Crippen molar-refractivity contribution >= 4 is 5.97 Å². The molecule has 9 heteroatoms. The van der Waals surface area contributed by atoms with Gasteiger partial charge >= 0.3 is 5.97 Å². The summed E-state index contributed by atoms with van der Waals surface area (Å²) in [5.74, 6) is -0.313. The molecular formula is C36H70O9. The van der Waals surface area contributed by atoms with Gasteiger partial charge in [0.05, 0.1) is 19.8 Å². The Morgan fingerprint density at radius 3 is 1.58 bits per heavy atom. The van der Waals surface area contributed by atoms with Crippen LogP contribution in [-0.4, -0.2) is 89.6 Å². The fraction of sp³-hybridized carbons (Fsp3) is 0.972. The number of ether oxygens (including phenoxy) is 4. The summed E-state index contributed by atoms with van der Waals surface area (Å²) in [6, 6.07) is 0. The van der Waals surface area contributed by atoms with Crippen LogP contribution in [0.1, 0.15) is 162 Å². The standard InChI is InChI=1S/C36H70O9/c1-3-5-7-9-11-13-15-16-17-19-21-23-25-32(38)44-30(28-42-26-24-22-20-18-14-12-10-8-6-4-2)29-43-36-35(41)34(40)33(39)31(27-37)45-36/h30-31,33-37,39-41H,3-29H2,1-2H3. The fourth-order valence-corrected chi connectivity index (χ4v) is 5.78. The van der Waals surface area contributed by atoms with Crippen molar-refractivity contribution in [1.82, 2.24) is 0 Å². The number of hydrogen-bond donors (Lipinski definition) is 4. The normalized spacial score (nSPS) is 22.5. The maximum Gasteiger partial charge on any atom is 0.306 e. The second kappa shape index (κ2) is 29.3. The highest BCUT2D eigenvalue weighted by Crippen LogP contribution is 2.22. The van der Waals surface area contributed by atoms with E-state index >= 15 is 0 Å². The summed E-state index contributed by atoms with van der Waals surface area (Å²) >= 11 is 0. The molecule has 0 aromatic rings. The van der Waals surface area contributed by atoms with Gasteiger partial charge in [-0.2, -0.15) is 0 Å². The third-order valence-electron chi connectivity index (χ3n) is 8.77. The maximum atomic E-state index is 12.6. The SMILES string of the molecule is CCCCCCCCCCCCCCC(=O)OC(COCCCCCCCCCCCC)COC1OC(CO)C(O)C(O)C1O. The summed E-state index contributed by atoms with van der Waals surface area (Å²) in [6.07, 6.45) is 19.8. The summed E-state index contributed by atoms with van der Waals surface area (Å²) in [7, 11) is 0. The lowest BCUT2D eigenvalue weighted by Crippen LogP contribution is -2.59. The van der Waals surface area contributed by atoms with Gasteiger partial charge in [0, 0.05) is 13.0 Å². The van der Waals surface area contributed by atoms with Crippen molar-refractivity contribution in [1.29, 1.82) is 0 Å². The number of rotatable bonds is 31. The van der Waals surface area contributed by atoms with Crippen molar-refractivity contribution < 1.29 is 44.2 Å².